The van der Waals surface area contributed by atoms with Gasteiger partial charge in [-0.25, -0.2) is 0 Å². The van der Waals surface area contributed by atoms with Crippen LogP contribution in [0.1, 0.15) is 103 Å². The van der Waals surface area contributed by atoms with Gasteiger partial charge in [0.15, 0.2) is 0 Å². The molecule has 1 fully saturated rings. The van der Waals surface area contributed by atoms with Crippen LogP contribution in [0.15, 0.2) is 97.3 Å². The van der Waals surface area contributed by atoms with Gasteiger partial charge in [-0.3, -0.25) is 0 Å². The van der Waals surface area contributed by atoms with Crippen LogP contribution in [-0.2, 0) is 41.8 Å². The molecule has 2 heterocycles. The average Bonchev–Trinajstić information content (AvgIpc) is 3.20. The predicted molar refractivity (Wildman–Crippen MR) is 195 cm³/mol. The minimum Gasteiger partial charge on any atom is -0.305 e. The van der Waals surface area contributed by atoms with E-state index in [-0.39, 0.29) is 36.4 Å². The second-order valence-corrected chi connectivity index (χ2v) is 16.4. The molecule has 3 heteroatoms. The molecule has 9 rings (SSSR count). The van der Waals surface area contributed by atoms with Gasteiger partial charge < -0.3 is 9.97 Å². The minimum absolute atomic E-state index is 0. The Morgan fingerprint density at radius 3 is 1.69 bits per heavy atom. The molecule has 0 spiro atoms. The number of rotatable bonds is 3. The normalized spacial score (nSPS) is 23.6. The van der Waals surface area contributed by atoms with Gasteiger partial charge in [-0.15, -0.1) is 69.8 Å². The second-order valence-electron chi connectivity index (χ2n) is 16.4. The zero-order chi connectivity index (χ0) is 33.2. The number of hydrogen-bond acceptors (Lipinski definition) is 2. The van der Waals surface area contributed by atoms with Gasteiger partial charge in [0.2, 0.25) is 0 Å². The number of nitrogens with zero attached hydrogens (tertiary/aromatic N) is 2. The number of aromatic nitrogens is 2. The molecular weight excluding hydrogens is 761 g/mol. The number of pyridine rings is 2. The number of hydrogen-bond donors (Lipinski definition) is 0. The Bertz CT molecular complexity index is 1930. The Hall–Kier alpha value is -3.39. The fourth-order valence-electron chi connectivity index (χ4n) is 8.57. The number of benzene rings is 3. The van der Waals surface area contributed by atoms with Crippen LogP contribution in [0.5, 0.6) is 0 Å². The van der Waals surface area contributed by atoms with Crippen molar-refractivity contribution in [2.45, 2.75) is 103 Å². The Morgan fingerprint density at radius 2 is 1.04 bits per heavy atom. The van der Waals surface area contributed by atoms with Crippen molar-refractivity contribution in [2.24, 2.45) is 5.41 Å². The molecular formula is C45H48IrN2-2. The molecule has 0 atom stereocenters. The quantitative estimate of drug-likeness (QED) is 0.170. The Balaban J connectivity index is 0.000000170. The summed E-state index contributed by atoms with van der Waals surface area (Å²) >= 11 is 0. The van der Waals surface area contributed by atoms with Crippen molar-refractivity contribution in [3.05, 3.63) is 132 Å². The fraction of sp³-hybridized carbons (Fsp3) is 0.378. The summed E-state index contributed by atoms with van der Waals surface area (Å²) in [5, 5.41) is 0. The molecule has 249 valence electrons. The van der Waals surface area contributed by atoms with Gasteiger partial charge in [-0.2, -0.15) is 0 Å². The molecule has 1 saturated carbocycles. The van der Waals surface area contributed by atoms with E-state index in [2.05, 4.69) is 144 Å². The van der Waals surface area contributed by atoms with E-state index in [0.29, 0.717) is 10.8 Å². The van der Waals surface area contributed by atoms with Crippen LogP contribution < -0.4 is 0 Å². The first kappa shape index (κ1) is 34.5. The fourth-order valence-corrected chi connectivity index (χ4v) is 8.57. The average molecular weight is 809 g/mol. The van der Waals surface area contributed by atoms with E-state index in [0.717, 1.165) is 22.5 Å². The molecule has 3 aromatic carbocycles. The molecule has 2 aromatic heterocycles. The van der Waals surface area contributed by atoms with Gasteiger partial charge in [-0.05, 0) is 74.6 Å². The predicted octanol–water partition coefficient (Wildman–Crippen LogP) is 11.5. The molecule has 5 aromatic rings. The van der Waals surface area contributed by atoms with Crippen molar-refractivity contribution < 1.29 is 20.1 Å². The molecule has 0 N–H and O–H groups in total. The van der Waals surface area contributed by atoms with Crippen LogP contribution in [0.3, 0.4) is 0 Å². The van der Waals surface area contributed by atoms with Gasteiger partial charge >= 0.3 is 0 Å². The SMILES string of the molecule is CC1(C)c2c[c-]c(-c3cc(-c4ccccc4)ccn3)cc2C(C)(C)C1(C)C.CC12CCC(C)(CC1)c1cc(-c3ccccn3)[c-]cc12.[Ir]. The Labute approximate surface area is 302 Å². The van der Waals surface area contributed by atoms with Crippen LogP contribution in [0.25, 0.3) is 33.6 Å². The van der Waals surface area contributed by atoms with Crippen molar-refractivity contribution in [1.29, 1.82) is 0 Å². The van der Waals surface area contributed by atoms with E-state index in [1.165, 1.54) is 53.5 Å². The topological polar surface area (TPSA) is 25.8 Å². The largest absolute Gasteiger partial charge is 0.305 e. The smallest absolute Gasteiger partial charge is 0.0166 e. The molecule has 2 bridgehead atoms. The summed E-state index contributed by atoms with van der Waals surface area (Å²) in [6.07, 6.45) is 9.06. The molecule has 0 amide bonds. The van der Waals surface area contributed by atoms with Crippen LogP contribution in [0, 0.1) is 17.5 Å². The van der Waals surface area contributed by atoms with E-state index >= 15 is 0 Å². The summed E-state index contributed by atoms with van der Waals surface area (Å²) in [6, 6.07) is 36.9. The van der Waals surface area contributed by atoms with E-state index in [1.54, 1.807) is 5.56 Å². The molecule has 0 unspecified atom stereocenters. The Morgan fingerprint density at radius 1 is 0.500 bits per heavy atom. The summed E-state index contributed by atoms with van der Waals surface area (Å²) in [5.74, 6) is 0. The summed E-state index contributed by atoms with van der Waals surface area (Å²) in [7, 11) is 0. The maximum Gasteiger partial charge on any atom is 0.0166 e. The molecule has 4 aliphatic rings. The van der Waals surface area contributed by atoms with Crippen LogP contribution in [0.2, 0.25) is 0 Å². The first-order valence-electron chi connectivity index (χ1n) is 17.3. The summed E-state index contributed by atoms with van der Waals surface area (Å²) in [4.78, 5) is 9.12. The Kier molecular flexibility index (Phi) is 8.75. The summed E-state index contributed by atoms with van der Waals surface area (Å²) < 4.78 is 0. The third-order valence-corrected chi connectivity index (χ3v) is 13.2. The van der Waals surface area contributed by atoms with E-state index in [4.69, 9.17) is 0 Å². The second kappa shape index (κ2) is 12.2. The summed E-state index contributed by atoms with van der Waals surface area (Å²) in [6.45, 7) is 19.1. The van der Waals surface area contributed by atoms with Crippen molar-refractivity contribution in [3.8, 4) is 33.6 Å². The van der Waals surface area contributed by atoms with Crippen molar-refractivity contribution >= 4 is 0 Å². The number of fused-ring (bicyclic) bond motifs is 3. The van der Waals surface area contributed by atoms with Gasteiger partial charge in [-0.1, -0.05) is 117 Å². The molecule has 48 heavy (non-hydrogen) atoms. The zero-order valence-electron chi connectivity index (χ0n) is 29.8. The molecule has 0 saturated heterocycles. The third kappa shape index (κ3) is 5.43. The molecule has 4 aliphatic carbocycles. The van der Waals surface area contributed by atoms with Crippen molar-refractivity contribution in [3.63, 3.8) is 0 Å². The van der Waals surface area contributed by atoms with Crippen LogP contribution >= 0.6 is 0 Å². The third-order valence-electron chi connectivity index (χ3n) is 13.2. The zero-order valence-corrected chi connectivity index (χ0v) is 32.2. The van der Waals surface area contributed by atoms with E-state index in [1.807, 2.05) is 30.6 Å². The van der Waals surface area contributed by atoms with Gasteiger partial charge in [0.05, 0.1) is 0 Å². The van der Waals surface area contributed by atoms with Crippen molar-refractivity contribution in [2.75, 3.05) is 0 Å². The maximum atomic E-state index is 4.65. The summed E-state index contributed by atoms with van der Waals surface area (Å²) in [5.41, 5.74) is 13.7. The van der Waals surface area contributed by atoms with Crippen LogP contribution in [0.4, 0.5) is 0 Å². The molecule has 0 aliphatic heterocycles. The molecule has 2 nitrogen and oxygen atoms in total. The maximum absolute atomic E-state index is 4.65. The first-order valence-corrected chi connectivity index (χ1v) is 17.3. The van der Waals surface area contributed by atoms with E-state index in [9.17, 15) is 0 Å². The van der Waals surface area contributed by atoms with E-state index < -0.39 is 0 Å². The molecule has 1 radical (unpaired) electrons. The minimum atomic E-state index is 0. The van der Waals surface area contributed by atoms with Gasteiger partial charge in [0, 0.05) is 32.5 Å². The first-order chi connectivity index (χ1) is 22.3. The van der Waals surface area contributed by atoms with Gasteiger partial charge in [0.25, 0.3) is 0 Å². The van der Waals surface area contributed by atoms with Crippen molar-refractivity contribution in [1.82, 2.24) is 9.97 Å². The standard InChI is InChI=1S/C26H28N.C19H20N.Ir/c1-24(2)21-13-12-20(16-22(21)25(3,4)26(24,5)6)23-17-19(14-15-27-23)18-10-8-7-9-11-18;1-18-8-10-19(2,11-9-18)16-13-14(6-7-15(16)18)17-5-3-4-12-20-17;/h7-11,13-17H,1-6H3;3-5,7,12-13H,8-11H2,1-2H3;/q2*-1;. The monoisotopic (exact) mass is 809 g/mol. The van der Waals surface area contributed by atoms with Crippen LogP contribution in [-0.4, -0.2) is 9.97 Å². The van der Waals surface area contributed by atoms with Gasteiger partial charge in [0.1, 0.15) is 0 Å².